The van der Waals surface area contributed by atoms with Gasteiger partial charge in [0.15, 0.2) is 0 Å². The van der Waals surface area contributed by atoms with Gasteiger partial charge in [-0.15, -0.1) is 0 Å². The molecule has 0 amide bonds. The van der Waals surface area contributed by atoms with Gasteiger partial charge in [0.1, 0.15) is 11.8 Å². The molecule has 2 aromatic rings. The summed E-state index contributed by atoms with van der Waals surface area (Å²) in [6.45, 7) is 0.632. The van der Waals surface area contributed by atoms with Gasteiger partial charge in [0, 0.05) is 6.20 Å². The van der Waals surface area contributed by atoms with Crippen LogP contribution >= 0.6 is 0 Å². The minimum atomic E-state index is 0.586. The molecule has 0 unspecified atom stereocenters. The Morgan fingerprint density at radius 1 is 1.57 bits per heavy atom. The molecular formula is C9H12N4O. The van der Waals surface area contributed by atoms with Crippen molar-refractivity contribution in [3.8, 4) is 5.88 Å². The Labute approximate surface area is 81.5 Å². The van der Waals surface area contributed by atoms with Crippen LogP contribution < -0.4 is 10.5 Å². The topological polar surface area (TPSA) is 65.4 Å². The second-order valence-corrected chi connectivity index (χ2v) is 2.99. The van der Waals surface area contributed by atoms with Crippen molar-refractivity contribution in [2.75, 3.05) is 13.7 Å². The van der Waals surface area contributed by atoms with Crippen molar-refractivity contribution >= 4 is 5.52 Å². The lowest BCUT2D eigenvalue weighted by atomic mass is 10.2. The predicted molar refractivity (Wildman–Crippen MR) is 52.3 cm³/mol. The van der Waals surface area contributed by atoms with E-state index in [9.17, 15) is 0 Å². The van der Waals surface area contributed by atoms with E-state index in [2.05, 4.69) is 10.1 Å². The number of nitrogens with two attached hydrogens (primary N) is 1. The summed E-state index contributed by atoms with van der Waals surface area (Å²) in [5, 5.41) is 4.08. The SMILES string of the molecule is COc1ncnn2cc(CCN)cc12. The van der Waals surface area contributed by atoms with Crippen molar-refractivity contribution in [2.24, 2.45) is 5.73 Å². The highest BCUT2D eigenvalue weighted by molar-refractivity contribution is 5.57. The first kappa shape index (κ1) is 8.96. The van der Waals surface area contributed by atoms with Gasteiger partial charge in [0.05, 0.1) is 7.11 Å². The highest BCUT2D eigenvalue weighted by Gasteiger charge is 2.05. The number of aromatic nitrogens is 3. The van der Waals surface area contributed by atoms with Crippen LogP contribution in [0.15, 0.2) is 18.6 Å². The number of fused-ring (bicyclic) bond motifs is 1. The molecule has 0 aliphatic rings. The van der Waals surface area contributed by atoms with Gasteiger partial charge in [-0.1, -0.05) is 0 Å². The molecule has 0 bridgehead atoms. The molecule has 2 heterocycles. The quantitative estimate of drug-likeness (QED) is 0.756. The molecule has 0 atom stereocenters. The summed E-state index contributed by atoms with van der Waals surface area (Å²) in [4.78, 5) is 4.01. The number of rotatable bonds is 3. The molecule has 0 radical (unpaired) electrons. The van der Waals surface area contributed by atoms with E-state index >= 15 is 0 Å². The first-order valence-corrected chi connectivity index (χ1v) is 4.41. The van der Waals surface area contributed by atoms with Gasteiger partial charge in [-0.25, -0.2) is 4.52 Å². The van der Waals surface area contributed by atoms with Gasteiger partial charge in [0.2, 0.25) is 5.88 Å². The zero-order valence-electron chi connectivity index (χ0n) is 7.97. The van der Waals surface area contributed by atoms with Crippen molar-refractivity contribution in [3.05, 3.63) is 24.2 Å². The highest BCUT2D eigenvalue weighted by atomic mass is 16.5. The van der Waals surface area contributed by atoms with Crippen LogP contribution in [0, 0.1) is 0 Å². The molecule has 0 aliphatic heterocycles. The van der Waals surface area contributed by atoms with Gasteiger partial charge in [-0.05, 0) is 24.6 Å². The van der Waals surface area contributed by atoms with E-state index in [1.807, 2.05) is 12.3 Å². The van der Waals surface area contributed by atoms with Crippen molar-refractivity contribution < 1.29 is 4.74 Å². The van der Waals surface area contributed by atoms with Crippen LogP contribution in [-0.4, -0.2) is 28.3 Å². The minimum absolute atomic E-state index is 0.586. The van der Waals surface area contributed by atoms with Crippen LogP contribution in [0.5, 0.6) is 5.88 Å². The van der Waals surface area contributed by atoms with Gasteiger partial charge in [-0.2, -0.15) is 10.1 Å². The van der Waals surface area contributed by atoms with E-state index in [4.69, 9.17) is 10.5 Å². The zero-order chi connectivity index (χ0) is 9.97. The fourth-order valence-electron chi connectivity index (χ4n) is 1.42. The van der Waals surface area contributed by atoms with Gasteiger partial charge in [0.25, 0.3) is 0 Å². The molecule has 0 aromatic carbocycles. The summed E-state index contributed by atoms with van der Waals surface area (Å²) >= 11 is 0. The molecule has 0 fully saturated rings. The average molecular weight is 192 g/mol. The summed E-state index contributed by atoms with van der Waals surface area (Å²) in [6, 6.07) is 1.99. The summed E-state index contributed by atoms with van der Waals surface area (Å²) in [5.74, 6) is 0.586. The first-order valence-electron chi connectivity index (χ1n) is 4.41. The van der Waals surface area contributed by atoms with Crippen molar-refractivity contribution in [1.82, 2.24) is 14.6 Å². The second-order valence-electron chi connectivity index (χ2n) is 2.99. The van der Waals surface area contributed by atoms with E-state index in [1.165, 1.54) is 6.33 Å². The van der Waals surface area contributed by atoms with Gasteiger partial charge in [-0.3, -0.25) is 0 Å². The molecule has 2 aromatic heterocycles. The number of nitrogens with zero attached hydrogens (tertiary/aromatic N) is 3. The Morgan fingerprint density at radius 2 is 2.43 bits per heavy atom. The molecule has 74 valence electrons. The molecule has 5 nitrogen and oxygen atoms in total. The molecule has 0 aliphatic carbocycles. The molecule has 0 saturated carbocycles. The highest BCUT2D eigenvalue weighted by Crippen LogP contribution is 2.17. The smallest absolute Gasteiger partial charge is 0.241 e. The molecule has 2 N–H and O–H groups in total. The molecule has 0 spiro atoms. The Bertz CT molecular complexity index is 437. The summed E-state index contributed by atoms with van der Waals surface area (Å²) in [6.07, 6.45) is 4.25. The number of hydrogen-bond donors (Lipinski definition) is 1. The third-order valence-electron chi connectivity index (χ3n) is 2.05. The van der Waals surface area contributed by atoms with E-state index < -0.39 is 0 Å². The van der Waals surface area contributed by atoms with Crippen LogP contribution in [0.3, 0.4) is 0 Å². The standard InChI is InChI=1S/C9H12N4O/c1-14-9-8-4-7(2-3-10)5-13(8)12-6-11-9/h4-6H,2-3,10H2,1H3. The largest absolute Gasteiger partial charge is 0.479 e. The number of methoxy groups -OCH3 is 1. The summed E-state index contributed by atoms with van der Waals surface area (Å²) < 4.78 is 6.86. The van der Waals surface area contributed by atoms with Crippen molar-refractivity contribution in [2.45, 2.75) is 6.42 Å². The monoisotopic (exact) mass is 192 g/mol. The van der Waals surface area contributed by atoms with Gasteiger partial charge < -0.3 is 10.5 Å². The second kappa shape index (κ2) is 3.63. The molecule has 5 heteroatoms. The lowest BCUT2D eigenvalue weighted by Gasteiger charge is -1.98. The normalized spacial score (nSPS) is 10.7. The Kier molecular flexibility index (Phi) is 2.32. The van der Waals surface area contributed by atoms with Crippen LogP contribution in [0.2, 0.25) is 0 Å². The van der Waals surface area contributed by atoms with E-state index in [0.717, 1.165) is 17.5 Å². The van der Waals surface area contributed by atoms with Crippen LogP contribution in [0.1, 0.15) is 5.56 Å². The van der Waals surface area contributed by atoms with E-state index in [1.54, 1.807) is 11.6 Å². The van der Waals surface area contributed by atoms with Gasteiger partial charge >= 0.3 is 0 Å². The van der Waals surface area contributed by atoms with Crippen LogP contribution in [0.25, 0.3) is 5.52 Å². The lowest BCUT2D eigenvalue weighted by Crippen LogP contribution is -2.01. The maximum atomic E-state index is 5.48. The lowest BCUT2D eigenvalue weighted by molar-refractivity contribution is 0.399. The van der Waals surface area contributed by atoms with Crippen LogP contribution in [0.4, 0.5) is 0 Å². The zero-order valence-corrected chi connectivity index (χ0v) is 7.97. The molecule has 0 saturated heterocycles. The van der Waals surface area contributed by atoms with E-state index in [0.29, 0.717) is 12.4 Å². The Morgan fingerprint density at radius 3 is 3.14 bits per heavy atom. The Balaban J connectivity index is 2.52. The fourth-order valence-corrected chi connectivity index (χ4v) is 1.42. The maximum absolute atomic E-state index is 5.48. The number of hydrogen-bond acceptors (Lipinski definition) is 4. The average Bonchev–Trinajstić information content (AvgIpc) is 2.60. The summed E-state index contributed by atoms with van der Waals surface area (Å²) in [7, 11) is 1.60. The fraction of sp³-hybridized carbons (Fsp3) is 0.333. The number of ether oxygens (including phenoxy) is 1. The third-order valence-corrected chi connectivity index (χ3v) is 2.05. The third kappa shape index (κ3) is 1.42. The van der Waals surface area contributed by atoms with Crippen LogP contribution in [-0.2, 0) is 6.42 Å². The minimum Gasteiger partial charge on any atom is -0.479 e. The first-order chi connectivity index (χ1) is 6.85. The van der Waals surface area contributed by atoms with E-state index in [-0.39, 0.29) is 0 Å². The molecule has 14 heavy (non-hydrogen) atoms. The van der Waals surface area contributed by atoms with Crippen molar-refractivity contribution in [3.63, 3.8) is 0 Å². The predicted octanol–water partition coefficient (Wildman–Crippen LogP) is 0.239. The Hall–Kier alpha value is -1.62. The molecular weight excluding hydrogens is 180 g/mol. The summed E-state index contributed by atoms with van der Waals surface area (Å²) in [5.41, 5.74) is 7.49. The maximum Gasteiger partial charge on any atom is 0.241 e. The van der Waals surface area contributed by atoms with Crippen molar-refractivity contribution in [1.29, 1.82) is 0 Å². The molecule has 2 rings (SSSR count).